The minimum atomic E-state index is -3.79. The maximum Gasteiger partial charge on any atom is 0.291 e. The first kappa shape index (κ1) is 15.7. The van der Waals surface area contributed by atoms with Crippen LogP contribution < -0.4 is 10.0 Å². The molecule has 1 amide bonds. The number of sulfonamides is 1. The molecule has 0 saturated heterocycles. The molecule has 0 bridgehead atoms. The lowest BCUT2D eigenvalue weighted by molar-refractivity contribution is -0.384. The van der Waals surface area contributed by atoms with E-state index in [1.54, 1.807) is 0 Å². The molecule has 0 aliphatic heterocycles. The lowest BCUT2D eigenvalue weighted by atomic mass is 10.2. The van der Waals surface area contributed by atoms with Crippen molar-refractivity contribution in [3.05, 3.63) is 52.3 Å². The van der Waals surface area contributed by atoms with Crippen LogP contribution in [0.25, 0.3) is 0 Å². The highest BCUT2D eigenvalue weighted by Gasteiger charge is 2.20. The second-order valence-electron chi connectivity index (χ2n) is 4.09. The van der Waals surface area contributed by atoms with Crippen molar-refractivity contribution < 1.29 is 22.6 Å². The Morgan fingerprint density at radius 3 is 2.64 bits per heavy atom. The predicted molar refractivity (Wildman–Crippen MR) is 76.0 cm³/mol. The number of nitro groups is 1. The summed E-state index contributed by atoms with van der Waals surface area (Å²) in [5.74, 6) is -0.960. The van der Waals surface area contributed by atoms with E-state index in [1.165, 1.54) is 37.4 Å². The van der Waals surface area contributed by atoms with Crippen LogP contribution in [0, 0.1) is 10.1 Å². The van der Waals surface area contributed by atoms with Gasteiger partial charge in [0, 0.05) is 17.8 Å². The van der Waals surface area contributed by atoms with E-state index in [0.717, 1.165) is 6.07 Å². The van der Waals surface area contributed by atoms with E-state index < -0.39 is 25.9 Å². The zero-order valence-electron chi connectivity index (χ0n) is 11.3. The first-order valence-corrected chi connectivity index (χ1v) is 7.41. The van der Waals surface area contributed by atoms with Gasteiger partial charge in [-0.3, -0.25) is 14.9 Å². The lowest BCUT2D eigenvalue weighted by Gasteiger charge is -2.03. The van der Waals surface area contributed by atoms with Crippen LogP contribution in [0.3, 0.4) is 0 Å². The van der Waals surface area contributed by atoms with E-state index in [2.05, 4.69) is 10.0 Å². The Labute approximate surface area is 125 Å². The zero-order valence-corrected chi connectivity index (χ0v) is 12.1. The second kappa shape index (κ2) is 5.95. The van der Waals surface area contributed by atoms with Crippen molar-refractivity contribution in [2.75, 3.05) is 12.4 Å². The molecule has 0 unspecified atom stereocenters. The van der Waals surface area contributed by atoms with Crippen LogP contribution in [-0.4, -0.2) is 26.3 Å². The summed E-state index contributed by atoms with van der Waals surface area (Å²) in [4.78, 5) is 22.0. The number of carbonyl (C=O) groups excluding carboxylic acids is 1. The van der Waals surface area contributed by atoms with Crippen molar-refractivity contribution in [1.29, 1.82) is 0 Å². The minimum absolute atomic E-state index is 0.185. The number of hydrogen-bond acceptors (Lipinski definition) is 6. The third-order valence-corrected chi connectivity index (χ3v) is 3.94. The van der Waals surface area contributed by atoms with E-state index in [4.69, 9.17) is 4.42 Å². The maximum atomic E-state index is 11.9. The predicted octanol–water partition coefficient (Wildman–Crippen LogP) is 1.35. The van der Waals surface area contributed by atoms with Gasteiger partial charge in [-0.2, -0.15) is 0 Å². The molecule has 22 heavy (non-hydrogen) atoms. The van der Waals surface area contributed by atoms with Crippen LogP contribution in [0.1, 0.15) is 10.6 Å². The van der Waals surface area contributed by atoms with Crippen molar-refractivity contribution >= 4 is 27.3 Å². The van der Waals surface area contributed by atoms with E-state index in [9.17, 15) is 23.3 Å². The van der Waals surface area contributed by atoms with Crippen LogP contribution >= 0.6 is 0 Å². The van der Waals surface area contributed by atoms with Gasteiger partial charge in [0.15, 0.2) is 5.76 Å². The van der Waals surface area contributed by atoms with Crippen LogP contribution in [0.2, 0.25) is 0 Å². The number of furan rings is 1. The Morgan fingerprint density at radius 1 is 1.27 bits per heavy atom. The summed E-state index contributed by atoms with van der Waals surface area (Å²) in [7, 11) is -2.58. The van der Waals surface area contributed by atoms with E-state index in [1.807, 2.05) is 0 Å². The normalized spacial score (nSPS) is 11.1. The molecule has 0 fully saturated rings. The quantitative estimate of drug-likeness (QED) is 0.630. The number of nitro benzene ring substituents is 1. The molecular weight excluding hydrogens is 314 g/mol. The standard InChI is InChI=1S/C12H11N3O6S/c1-13-22(19,20)11-6-5-10(21-11)12(16)14-8-3-2-4-9(7-8)15(17)18/h2-7,13H,1H3,(H,14,16). The molecule has 10 heteroatoms. The van der Waals surface area contributed by atoms with Gasteiger partial charge in [-0.15, -0.1) is 0 Å². The van der Waals surface area contributed by atoms with E-state index in [0.29, 0.717) is 0 Å². The van der Waals surface area contributed by atoms with Crippen molar-refractivity contribution in [2.24, 2.45) is 0 Å². The molecule has 2 aromatic rings. The van der Waals surface area contributed by atoms with Gasteiger partial charge in [0.25, 0.3) is 21.6 Å². The number of benzene rings is 1. The van der Waals surface area contributed by atoms with Gasteiger partial charge in [-0.25, -0.2) is 13.1 Å². The SMILES string of the molecule is CNS(=O)(=O)c1ccc(C(=O)Nc2cccc([N+](=O)[O-])c2)o1. The van der Waals surface area contributed by atoms with Gasteiger partial charge < -0.3 is 9.73 Å². The smallest absolute Gasteiger partial charge is 0.291 e. The number of rotatable bonds is 5. The Bertz CT molecular complexity index is 827. The molecule has 0 aliphatic carbocycles. The van der Waals surface area contributed by atoms with E-state index in [-0.39, 0.29) is 17.1 Å². The third-order valence-electron chi connectivity index (χ3n) is 2.65. The number of nitrogens with zero attached hydrogens (tertiary/aromatic N) is 1. The summed E-state index contributed by atoms with van der Waals surface area (Å²) in [6.45, 7) is 0. The van der Waals surface area contributed by atoms with Gasteiger partial charge in [0.2, 0.25) is 5.09 Å². The average Bonchev–Trinajstić information content (AvgIpc) is 2.98. The third kappa shape index (κ3) is 3.30. The van der Waals surface area contributed by atoms with Crippen molar-refractivity contribution in [3.8, 4) is 0 Å². The molecule has 2 rings (SSSR count). The highest BCUT2D eigenvalue weighted by Crippen LogP contribution is 2.19. The molecule has 0 atom stereocenters. The highest BCUT2D eigenvalue weighted by atomic mass is 32.2. The molecule has 2 N–H and O–H groups in total. The summed E-state index contributed by atoms with van der Waals surface area (Å²) >= 11 is 0. The number of amides is 1. The topological polar surface area (TPSA) is 132 Å². The molecule has 116 valence electrons. The fourth-order valence-corrected chi connectivity index (χ4v) is 2.22. The van der Waals surface area contributed by atoms with Gasteiger partial charge >= 0.3 is 0 Å². The molecule has 1 aromatic carbocycles. The van der Waals surface area contributed by atoms with Crippen LogP contribution in [0.15, 0.2) is 45.9 Å². The Morgan fingerprint density at radius 2 is 2.00 bits per heavy atom. The van der Waals surface area contributed by atoms with Gasteiger partial charge in [-0.1, -0.05) is 6.07 Å². The average molecular weight is 325 g/mol. The van der Waals surface area contributed by atoms with Crippen molar-refractivity contribution in [1.82, 2.24) is 4.72 Å². The number of anilines is 1. The highest BCUT2D eigenvalue weighted by molar-refractivity contribution is 7.89. The minimum Gasteiger partial charge on any atom is -0.438 e. The van der Waals surface area contributed by atoms with Gasteiger partial charge in [-0.05, 0) is 25.2 Å². The van der Waals surface area contributed by atoms with Gasteiger partial charge in [0.1, 0.15) is 0 Å². The fraction of sp³-hybridized carbons (Fsp3) is 0.0833. The summed E-state index contributed by atoms with van der Waals surface area (Å²) in [5, 5.41) is 12.6. The Balaban J connectivity index is 2.20. The summed E-state index contributed by atoms with van der Waals surface area (Å²) in [5.41, 5.74) is 0.00400. The molecule has 0 spiro atoms. The summed E-state index contributed by atoms with van der Waals surface area (Å²) in [6, 6.07) is 7.64. The monoisotopic (exact) mass is 325 g/mol. The molecule has 0 aliphatic rings. The van der Waals surface area contributed by atoms with Crippen molar-refractivity contribution in [2.45, 2.75) is 5.09 Å². The number of non-ortho nitro benzene ring substituents is 1. The zero-order chi connectivity index (χ0) is 16.3. The maximum absolute atomic E-state index is 11.9. The number of carbonyl (C=O) groups is 1. The number of nitrogens with one attached hydrogen (secondary N) is 2. The molecule has 0 saturated carbocycles. The number of hydrogen-bond donors (Lipinski definition) is 2. The Hall–Kier alpha value is -2.72. The van der Waals surface area contributed by atoms with E-state index >= 15 is 0 Å². The van der Waals surface area contributed by atoms with Crippen LogP contribution in [0.5, 0.6) is 0 Å². The molecule has 9 nitrogen and oxygen atoms in total. The van der Waals surface area contributed by atoms with Crippen molar-refractivity contribution in [3.63, 3.8) is 0 Å². The molecule has 1 aromatic heterocycles. The fourth-order valence-electron chi connectivity index (χ4n) is 1.58. The second-order valence-corrected chi connectivity index (χ2v) is 5.91. The lowest BCUT2D eigenvalue weighted by Crippen LogP contribution is -2.18. The van der Waals surface area contributed by atoms with Gasteiger partial charge in [0.05, 0.1) is 4.92 Å². The van der Waals surface area contributed by atoms with Crippen LogP contribution in [-0.2, 0) is 10.0 Å². The molecule has 1 heterocycles. The molecular formula is C12H11N3O6S. The first-order chi connectivity index (χ1) is 10.3. The summed E-state index contributed by atoms with van der Waals surface area (Å²) in [6.07, 6.45) is 0. The summed E-state index contributed by atoms with van der Waals surface area (Å²) < 4.78 is 30.0. The Kier molecular flexibility index (Phi) is 4.24. The largest absolute Gasteiger partial charge is 0.438 e. The van der Waals surface area contributed by atoms with Crippen LogP contribution in [0.4, 0.5) is 11.4 Å². The first-order valence-electron chi connectivity index (χ1n) is 5.92. The molecule has 0 radical (unpaired) electrons.